The number of morpholine rings is 1. The second-order valence-electron chi connectivity index (χ2n) is 5.84. The van der Waals surface area contributed by atoms with Gasteiger partial charge in [-0.25, -0.2) is 9.97 Å². The number of nitrogens with zero attached hydrogens (tertiary/aromatic N) is 5. The SMILES string of the molecule is CCc1nnsc1C(=O)N1CCO[C@@H](CCc2cc(C)ncn2)C1. The van der Waals surface area contributed by atoms with Gasteiger partial charge in [0.1, 0.15) is 11.2 Å². The van der Waals surface area contributed by atoms with Crippen molar-refractivity contribution in [2.45, 2.75) is 39.2 Å². The van der Waals surface area contributed by atoms with Gasteiger partial charge in [0.15, 0.2) is 0 Å². The van der Waals surface area contributed by atoms with E-state index in [4.69, 9.17) is 4.74 Å². The first-order valence-corrected chi connectivity index (χ1v) is 8.94. The number of hydrogen-bond acceptors (Lipinski definition) is 7. The second kappa shape index (κ2) is 7.76. The molecule has 8 heteroatoms. The van der Waals surface area contributed by atoms with Crippen LogP contribution in [0.25, 0.3) is 0 Å². The van der Waals surface area contributed by atoms with Crippen molar-refractivity contribution >= 4 is 17.4 Å². The van der Waals surface area contributed by atoms with Gasteiger partial charge in [0, 0.05) is 24.5 Å². The van der Waals surface area contributed by atoms with E-state index < -0.39 is 0 Å². The molecule has 0 bridgehead atoms. The summed E-state index contributed by atoms with van der Waals surface area (Å²) in [6.07, 6.45) is 3.99. The Morgan fingerprint density at radius 1 is 1.46 bits per heavy atom. The Morgan fingerprint density at radius 3 is 3.12 bits per heavy atom. The highest BCUT2D eigenvalue weighted by molar-refractivity contribution is 7.08. The van der Waals surface area contributed by atoms with Crippen molar-refractivity contribution in [3.05, 3.63) is 34.4 Å². The van der Waals surface area contributed by atoms with Crippen molar-refractivity contribution in [1.82, 2.24) is 24.5 Å². The number of carbonyl (C=O) groups is 1. The fourth-order valence-electron chi connectivity index (χ4n) is 2.78. The molecule has 0 saturated carbocycles. The molecule has 1 fully saturated rings. The standard InChI is InChI=1S/C16H21N5O2S/c1-3-14-15(24-20-19-14)16(22)21-6-7-23-13(9-21)5-4-12-8-11(2)17-10-18-12/h8,10,13H,3-7,9H2,1-2H3/t13-/m0/s1. The van der Waals surface area contributed by atoms with Gasteiger partial charge in [-0.15, -0.1) is 5.10 Å². The highest BCUT2D eigenvalue weighted by atomic mass is 32.1. The molecule has 2 aromatic rings. The van der Waals surface area contributed by atoms with E-state index in [0.717, 1.165) is 36.3 Å². The monoisotopic (exact) mass is 347 g/mol. The minimum absolute atomic E-state index is 0.0213. The topological polar surface area (TPSA) is 81.1 Å². The average Bonchev–Trinajstić information content (AvgIpc) is 3.08. The maximum absolute atomic E-state index is 12.7. The summed E-state index contributed by atoms with van der Waals surface area (Å²) >= 11 is 1.18. The molecule has 3 rings (SSSR count). The fraction of sp³-hybridized carbons (Fsp3) is 0.562. The number of carbonyl (C=O) groups excluding carboxylic acids is 1. The van der Waals surface area contributed by atoms with Crippen LogP contribution in [0.15, 0.2) is 12.4 Å². The molecular formula is C16H21N5O2S. The fourth-order valence-corrected chi connectivity index (χ4v) is 3.50. The van der Waals surface area contributed by atoms with Crippen molar-refractivity contribution in [1.29, 1.82) is 0 Å². The smallest absolute Gasteiger partial charge is 0.267 e. The molecule has 0 radical (unpaired) electrons. The van der Waals surface area contributed by atoms with Crippen LogP contribution in [0.1, 0.15) is 40.1 Å². The molecule has 7 nitrogen and oxygen atoms in total. The third kappa shape index (κ3) is 3.93. The Bertz CT molecular complexity index is 705. The lowest BCUT2D eigenvalue weighted by Crippen LogP contribution is -2.45. The van der Waals surface area contributed by atoms with Crippen LogP contribution >= 0.6 is 11.5 Å². The molecule has 1 amide bonds. The maximum Gasteiger partial charge on any atom is 0.267 e. The molecule has 0 aliphatic carbocycles. The second-order valence-corrected chi connectivity index (χ2v) is 6.59. The quantitative estimate of drug-likeness (QED) is 0.818. The number of aromatic nitrogens is 4. The van der Waals surface area contributed by atoms with Gasteiger partial charge in [-0.2, -0.15) is 0 Å². The van der Waals surface area contributed by atoms with Crippen molar-refractivity contribution in [2.24, 2.45) is 0 Å². The predicted molar refractivity (Wildman–Crippen MR) is 90.0 cm³/mol. The summed E-state index contributed by atoms with van der Waals surface area (Å²) in [7, 11) is 0. The van der Waals surface area contributed by atoms with Crippen molar-refractivity contribution in [3.8, 4) is 0 Å². The first-order valence-electron chi connectivity index (χ1n) is 8.17. The van der Waals surface area contributed by atoms with Crippen LogP contribution in [-0.2, 0) is 17.6 Å². The molecule has 1 atom stereocenters. The largest absolute Gasteiger partial charge is 0.375 e. The minimum Gasteiger partial charge on any atom is -0.375 e. The number of amides is 1. The van der Waals surface area contributed by atoms with Gasteiger partial charge in [-0.05, 0) is 43.8 Å². The van der Waals surface area contributed by atoms with E-state index in [2.05, 4.69) is 19.6 Å². The normalized spacial score (nSPS) is 17.9. The van der Waals surface area contributed by atoms with Crippen LogP contribution in [0.5, 0.6) is 0 Å². The number of rotatable bonds is 5. The van der Waals surface area contributed by atoms with E-state index >= 15 is 0 Å². The van der Waals surface area contributed by atoms with E-state index in [0.29, 0.717) is 24.6 Å². The first-order chi connectivity index (χ1) is 11.7. The van der Waals surface area contributed by atoms with Gasteiger partial charge in [0.2, 0.25) is 0 Å². The Hall–Kier alpha value is -1.93. The summed E-state index contributed by atoms with van der Waals surface area (Å²) in [5.41, 5.74) is 2.75. The van der Waals surface area contributed by atoms with E-state index in [9.17, 15) is 4.79 Å². The van der Waals surface area contributed by atoms with E-state index in [-0.39, 0.29) is 12.0 Å². The average molecular weight is 347 g/mol. The summed E-state index contributed by atoms with van der Waals surface area (Å²) in [5, 5.41) is 4.03. The van der Waals surface area contributed by atoms with Gasteiger partial charge in [0.05, 0.1) is 18.4 Å². The minimum atomic E-state index is 0.0213. The lowest BCUT2D eigenvalue weighted by atomic mass is 10.1. The Balaban J connectivity index is 1.59. The zero-order valence-corrected chi connectivity index (χ0v) is 14.8. The van der Waals surface area contributed by atoms with Crippen LogP contribution in [0, 0.1) is 6.92 Å². The Kier molecular flexibility index (Phi) is 5.47. The molecular weight excluding hydrogens is 326 g/mol. The third-order valence-electron chi connectivity index (χ3n) is 4.09. The summed E-state index contributed by atoms with van der Waals surface area (Å²) in [6.45, 7) is 5.72. The molecule has 0 spiro atoms. The van der Waals surface area contributed by atoms with Crippen LogP contribution < -0.4 is 0 Å². The molecule has 128 valence electrons. The van der Waals surface area contributed by atoms with Gasteiger partial charge in [-0.3, -0.25) is 4.79 Å². The van der Waals surface area contributed by atoms with Gasteiger partial charge in [0.25, 0.3) is 5.91 Å². The number of ether oxygens (including phenoxy) is 1. The van der Waals surface area contributed by atoms with Crippen molar-refractivity contribution < 1.29 is 9.53 Å². The van der Waals surface area contributed by atoms with Crippen molar-refractivity contribution in [2.75, 3.05) is 19.7 Å². The Labute approximate surface area is 145 Å². The van der Waals surface area contributed by atoms with E-state index in [1.807, 2.05) is 24.8 Å². The van der Waals surface area contributed by atoms with E-state index in [1.165, 1.54) is 11.5 Å². The predicted octanol–water partition coefficient (Wildman–Crippen LogP) is 1.67. The molecule has 24 heavy (non-hydrogen) atoms. The maximum atomic E-state index is 12.7. The molecule has 0 aromatic carbocycles. The van der Waals surface area contributed by atoms with Crippen LogP contribution in [0.3, 0.4) is 0 Å². The van der Waals surface area contributed by atoms with Crippen LogP contribution in [-0.4, -0.2) is 56.2 Å². The molecule has 2 aromatic heterocycles. The molecule has 1 saturated heterocycles. The van der Waals surface area contributed by atoms with Gasteiger partial charge in [-0.1, -0.05) is 11.4 Å². The summed E-state index contributed by atoms with van der Waals surface area (Å²) in [5.74, 6) is 0.0213. The van der Waals surface area contributed by atoms with Crippen LogP contribution in [0.4, 0.5) is 0 Å². The molecule has 0 unspecified atom stereocenters. The molecule has 3 heterocycles. The van der Waals surface area contributed by atoms with Gasteiger partial charge < -0.3 is 9.64 Å². The zero-order chi connectivity index (χ0) is 16.9. The molecule has 1 aliphatic rings. The summed E-state index contributed by atoms with van der Waals surface area (Å²) in [4.78, 5) is 23.6. The highest BCUT2D eigenvalue weighted by Crippen LogP contribution is 2.18. The number of hydrogen-bond donors (Lipinski definition) is 0. The lowest BCUT2D eigenvalue weighted by molar-refractivity contribution is -0.0245. The van der Waals surface area contributed by atoms with Gasteiger partial charge >= 0.3 is 0 Å². The molecule has 1 aliphatic heterocycles. The molecule has 0 N–H and O–H groups in total. The summed E-state index contributed by atoms with van der Waals surface area (Å²) in [6, 6.07) is 1.99. The zero-order valence-electron chi connectivity index (χ0n) is 13.9. The number of aryl methyl sites for hydroxylation is 3. The van der Waals surface area contributed by atoms with Crippen LogP contribution in [0.2, 0.25) is 0 Å². The summed E-state index contributed by atoms with van der Waals surface area (Å²) < 4.78 is 9.73. The Morgan fingerprint density at radius 2 is 2.33 bits per heavy atom. The third-order valence-corrected chi connectivity index (χ3v) is 4.85. The lowest BCUT2D eigenvalue weighted by Gasteiger charge is -2.32. The van der Waals surface area contributed by atoms with E-state index in [1.54, 1.807) is 6.33 Å². The first kappa shape index (κ1) is 16.9. The highest BCUT2D eigenvalue weighted by Gasteiger charge is 2.27. The van der Waals surface area contributed by atoms with Crippen molar-refractivity contribution in [3.63, 3.8) is 0 Å².